The van der Waals surface area contributed by atoms with E-state index in [2.05, 4.69) is 9.97 Å². The Morgan fingerprint density at radius 3 is 2.92 bits per heavy atom. The minimum atomic E-state index is -3.49. The lowest BCUT2D eigenvalue weighted by Crippen LogP contribution is -2.28. The Kier molecular flexibility index (Phi) is 3.87. The second kappa shape index (κ2) is 5.80. The quantitative estimate of drug-likeness (QED) is 0.698. The van der Waals surface area contributed by atoms with Gasteiger partial charge in [0, 0.05) is 19.3 Å². The summed E-state index contributed by atoms with van der Waals surface area (Å²) in [4.78, 5) is 8.94. The highest BCUT2D eigenvalue weighted by Gasteiger charge is 2.35. The van der Waals surface area contributed by atoms with Crippen LogP contribution in [0.5, 0.6) is 0 Å². The number of pyridine rings is 1. The Balaban J connectivity index is 1.66. The molecule has 1 aliphatic rings. The number of rotatable bonds is 3. The summed E-state index contributed by atoms with van der Waals surface area (Å²) < 4.78 is 29.8. The van der Waals surface area contributed by atoms with Gasteiger partial charge in [0.05, 0.1) is 10.4 Å². The maximum atomic E-state index is 12.7. The minimum Gasteiger partial charge on any atom is -0.308 e. The first-order chi connectivity index (χ1) is 11.5. The molecule has 0 aromatic carbocycles. The zero-order chi connectivity index (χ0) is 16.9. The molecular weight excluding hydrogens is 368 g/mol. The predicted octanol–water partition coefficient (Wildman–Crippen LogP) is 3.09. The van der Waals surface area contributed by atoms with Crippen LogP contribution in [0.2, 0.25) is 4.34 Å². The van der Waals surface area contributed by atoms with E-state index in [1.54, 1.807) is 18.3 Å². The van der Waals surface area contributed by atoms with Crippen LogP contribution in [-0.2, 0) is 10.0 Å². The molecule has 126 valence electrons. The van der Waals surface area contributed by atoms with Gasteiger partial charge in [-0.1, -0.05) is 11.6 Å². The van der Waals surface area contributed by atoms with Gasteiger partial charge in [0.25, 0.3) is 10.0 Å². The van der Waals surface area contributed by atoms with Gasteiger partial charge in [0.1, 0.15) is 15.6 Å². The fourth-order valence-electron chi connectivity index (χ4n) is 3.18. The molecule has 1 aliphatic heterocycles. The van der Waals surface area contributed by atoms with Crippen LogP contribution in [0.15, 0.2) is 34.7 Å². The molecule has 0 amide bonds. The predicted molar refractivity (Wildman–Crippen MR) is 94.0 cm³/mol. The highest BCUT2D eigenvalue weighted by molar-refractivity contribution is 7.91. The zero-order valence-electron chi connectivity index (χ0n) is 12.9. The summed E-state index contributed by atoms with van der Waals surface area (Å²) in [5, 5.41) is 0. The van der Waals surface area contributed by atoms with E-state index in [1.807, 2.05) is 23.6 Å². The van der Waals surface area contributed by atoms with Crippen molar-refractivity contribution in [3.8, 4) is 0 Å². The van der Waals surface area contributed by atoms with E-state index < -0.39 is 10.0 Å². The molecule has 4 heterocycles. The van der Waals surface area contributed by atoms with E-state index in [-0.39, 0.29) is 6.04 Å². The van der Waals surface area contributed by atoms with Gasteiger partial charge in [-0.15, -0.1) is 11.3 Å². The van der Waals surface area contributed by atoms with Gasteiger partial charge in [0.15, 0.2) is 5.65 Å². The molecule has 1 fully saturated rings. The van der Waals surface area contributed by atoms with Gasteiger partial charge >= 0.3 is 0 Å². The fourth-order valence-corrected chi connectivity index (χ4v) is 6.31. The number of imidazole rings is 1. The second-order valence-electron chi connectivity index (χ2n) is 5.74. The molecule has 6 nitrogen and oxygen atoms in total. The van der Waals surface area contributed by atoms with E-state index in [4.69, 9.17) is 11.6 Å². The average Bonchev–Trinajstić information content (AvgIpc) is 3.24. The molecule has 0 saturated carbocycles. The summed E-state index contributed by atoms with van der Waals surface area (Å²) in [7, 11) is -3.49. The molecule has 1 atom stereocenters. The summed E-state index contributed by atoms with van der Waals surface area (Å²) >= 11 is 6.97. The van der Waals surface area contributed by atoms with Crippen LogP contribution in [0, 0.1) is 6.92 Å². The highest BCUT2D eigenvalue weighted by Crippen LogP contribution is 2.33. The van der Waals surface area contributed by atoms with Crippen LogP contribution in [0.3, 0.4) is 0 Å². The van der Waals surface area contributed by atoms with Crippen molar-refractivity contribution in [1.82, 2.24) is 18.8 Å². The molecule has 9 heteroatoms. The molecule has 1 saturated heterocycles. The van der Waals surface area contributed by atoms with Gasteiger partial charge < -0.3 is 4.57 Å². The van der Waals surface area contributed by atoms with Gasteiger partial charge in [-0.25, -0.2) is 18.4 Å². The van der Waals surface area contributed by atoms with Crippen LogP contribution < -0.4 is 0 Å². The summed E-state index contributed by atoms with van der Waals surface area (Å²) in [6.45, 7) is 2.83. The molecule has 0 aliphatic carbocycles. The van der Waals surface area contributed by atoms with Gasteiger partial charge in [-0.2, -0.15) is 4.31 Å². The van der Waals surface area contributed by atoms with Crippen LogP contribution in [0.1, 0.15) is 18.3 Å². The van der Waals surface area contributed by atoms with Crippen molar-refractivity contribution >= 4 is 44.1 Å². The number of halogens is 1. The topological polar surface area (TPSA) is 68.1 Å². The third kappa shape index (κ3) is 2.54. The highest BCUT2D eigenvalue weighted by atomic mass is 35.5. The maximum absolute atomic E-state index is 12.7. The third-order valence-corrected chi connectivity index (χ3v) is 7.82. The Morgan fingerprint density at radius 2 is 2.17 bits per heavy atom. The zero-order valence-corrected chi connectivity index (χ0v) is 15.3. The number of aromatic nitrogens is 3. The minimum absolute atomic E-state index is 0.0371. The molecule has 0 radical (unpaired) electrons. The van der Waals surface area contributed by atoms with Crippen molar-refractivity contribution < 1.29 is 8.42 Å². The van der Waals surface area contributed by atoms with Crippen LogP contribution in [0.25, 0.3) is 11.2 Å². The molecular formula is C15H15ClN4O2S2. The maximum Gasteiger partial charge on any atom is 0.252 e. The number of nitrogens with zero attached hydrogens (tertiary/aromatic N) is 4. The van der Waals surface area contributed by atoms with Crippen LogP contribution in [-0.4, -0.2) is 40.3 Å². The Bertz CT molecular complexity index is 1010. The molecule has 3 aromatic rings. The lowest BCUT2D eigenvalue weighted by atomic mass is 10.2. The lowest BCUT2D eigenvalue weighted by molar-refractivity contribution is 0.453. The Labute approximate surface area is 148 Å². The van der Waals surface area contributed by atoms with E-state index in [9.17, 15) is 8.42 Å². The molecule has 3 aromatic heterocycles. The molecule has 0 bridgehead atoms. The number of hydrogen-bond acceptors (Lipinski definition) is 5. The smallest absolute Gasteiger partial charge is 0.252 e. The van der Waals surface area contributed by atoms with Crippen molar-refractivity contribution in [2.24, 2.45) is 0 Å². The number of thiophene rings is 1. The van der Waals surface area contributed by atoms with Gasteiger partial charge in [-0.05, 0) is 37.6 Å². The summed E-state index contributed by atoms with van der Waals surface area (Å²) in [5.41, 5.74) is 1.64. The standard InChI is InChI=1S/C15H15ClN4O2S2/c1-10-18-12-3-2-7-17-15(12)20(10)11-6-8-19(9-11)24(21,22)14-5-4-13(16)23-14/h2-5,7,11H,6,8-9H2,1H3/t11-/m1/s1. The third-order valence-electron chi connectivity index (χ3n) is 4.26. The van der Waals surface area contributed by atoms with Crippen LogP contribution >= 0.6 is 22.9 Å². The van der Waals surface area contributed by atoms with Crippen molar-refractivity contribution in [2.75, 3.05) is 13.1 Å². The molecule has 4 rings (SSSR count). The van der Waals surface area contributed by atoms with E-state index in [0.29, 0.717) is 21.6 Å². The first kappa shape index (κ1) is 16.0. The molecule has 0 spiro atoms. The normalized spacial score (nSPS) is 19.3. The number of aryl methyl sites for hydroxylation is 1. The molecule has 0 N–H and O–H groups in total. The Morgan fingerprint density at radius 1 is 1.33 bits per heavy atom. The number of hydrogen-bond donors (Lipinski definition) is 0. The van der Waals surface area contributed by atoms with Crippen LogP contribution in [0.4, 0.5) is 0 Å². The number of sulfonamides is 1. The second-order valence-corrected chi connectivity index (χ2v) is 9.62. The van der Waals surface area contributed by atoms with Crippen molar-refractivity contribution in [1.29, 1.82) is 0 Å². The van der Waals surface area contributed by atoms with E-state index in [0.717, 1.165) is 34.7 Å². The summed E-state index contributed by atoms with van der Waals surface area (Å²) in [6, 6.07) is 6.99. The van der Waals surface area contributed by atoms with Gasteiger partial charge in [0.2, 0.25) is 0 Å². The first-order valence-electron chi connectivity index (χ1n) is 7.52. The van der Waals surface area contributed by atoms with E-state index >= 15 is 0 Å². The summed E-state index contributed by atoms with van der Waals surface area (Å²) in [5.74, 6) is 0.854. The summed E-state index contributed by atoms with van der Waals surface area (Å²) in [6.07, 6.45) is 2.47. The lowest BCUT2D eigenvalue weighted by Gasteiger charge is -2.17. The van der Waals surface area contributed by atoms with Crippen molar-refractivity contribution in [3.63, 3.8) is 0 Å². The van der Waals surface area contributed by atoms with Crippen molar-refractivity contribution in [3.05, 3.63) is 40.6 Å². The van der Waals surface area contributed by atoms with Gasteiger partial charge in [-0.3, -0.25) is 0 Å². The molecule has 24 heavy (non-hydrogen) atoms. The fraction of sp³-hybridized carbons (Fsp3) is 0.333. The van der Waals surface area contributed by atoms with Crippen molar-refractivity contribution in [2.45, 2.75) is 23.6 Å². The van der Waals surface area contributed by atoms with E-state index in [1.165, 1.54) is 4.31 Å². The monoisotopic (exact) mass is 382 g/mol. The average molecular weight is 383 g/mol. The molecule has 0 unspecified atom stereocenters. The SMILES string of the molecule is Cc1nc2cccnc2n1[C@@H]1CCN(S(=O)(=O)c2ccc(Cl)s2)C1. The Hall–Kier alpha value is -1.48. The first-order valence-corrected chi connectivity index (χ1v) is 10.2. The number of fused-ring (bicyclic) bond motifs is 1. The largest absolute Gasteiger partial charge is 0.308 e.